The van der Waals surface area contributed by atoms with Gasteiger partial charge in [-0.25, -0.2) is 5.53 Å². The summed E-state index contributed by atoms with van der Waals surface area (Å²) in [6.07, 6.45) is -4.39. The van der Waals surface area contributed by atoms with Crippen molar-refractivity contribution in [3.8, 4) is 11.1 Å². The van der Waals surface area contributed by atoms with Crippen molar-refractivity contribution in [2.24, 2.45) is 5.11 Å². The molecule has 0 saturated carbocycles. The van der Waals surface area contributed by atoms with Gasteiger partial charge >= 0.3 is 6.18 Å². The maximum Gasteiger partial charge on any atom is 0.416 e. The van der Waals surface area contributed by atoms with E-state index in [0.717, 1.165) is 28.5 Å². The van der Waals surface area contributed by atoms with E-state index < -0.39 is 23.7 Å². The number of hydrogen-bond donors (Lipinski definition) is 4. The van der Waals surface area contributed by atoms with Gasteiger partial charge in [0.15, 0.2) is 5.84 Å². The van der Waals surface area contributed by atoms with E-state index in [9.17, 15) is 18.0 Å². The maximum absolute atomic E-state index is 12.8. The SMILES string of the molecule is C[C@@H](NC(=O)c1ccc2c(-c3ccc(C(F)(F)F)cc3)cccc2c1)C(=N)N=N.N. The van der Waals surface area contributed by atoms with E-state index >= 15 is 0 Å². The van der Waals surface area contributed by atoms with Gasteiger partial charge in [0, 0.05) is 5.56 Å². The van der Waals surface area contributed by atoms with Crippen LogP contribution in [0.25, 0.3) is 21.9 Å². The normalized spacial score (nSPS) is 12.0. The van der Waals surface area contributed by atoms with Crippen molar-refractivity contribution in [2.75, 3.05) is 0 Å². The van der Waals surface area contributed by atoms with Crippen molar-refractivity contribution >= 4 is 22.5 Å². The molecule has 0 saturated heterocycles. The molecule has 6 N–H and O–H groups in total. The molecule has 0 bridgehead atoms. The topological polar surface area (TPSA) is 124 Å². The molecule has 0 unspecified atom stereocenters. The zero-order chi connectivity index (χ0) is 21.2. The van der Waals surface area contributed by atoms with E-state index in [1.165, 1.54) is 12.1 Å². The molecule has 0 aliphatic heterocycles. The quantitative estimate of drug-likeness (QED) is 0.244. The average Bonchev–Trinajstić information content (AvgIpc) is 2.71. The first-order valence-electron chi connectivity index (χ1n) is 8.68. The van der Waals surface area contributed by atoms with Crippen LogP contribution in [0, 0.1) is 10.9 Å². The number of benzene rings is 3. The summed E-state index contributed by atoms with van der Waals surface area (Å²) in [6.45, 7) is 1.56. The fourth-order valence-corrected chi connectivity index (χ4v) is 2.96. The molecule has 6 nitrogen and oxygen atoms in total. The fourth-order valence-electron chi connectivity index (χ4n) is 2.96. The molecule has 0 aliphatic carbocycles. The van der Waals surface area contributed by atoms with Gasteiger partial charge in [0.25, 0.3) is 5.91 Å². The van der Waals surface area contributed by atoms with Crippen LogP contribution in [0.5, 0.6) is 0 Å². The van der Waals surface area contributed by atoms with E-state index in [1.54, 1.807) is 31.2 Å². The lowest BCUT2D eigenvalue weighted by atomic mass is 9.96. The smallest absolute Gasteiger partial charge is 0.344 e. The van der Waals surface area contributed by atoms with Gasteiger partial charge in [-0.05, 0) is 53.1 Å². The van der Waals surface area contributed by atoms with Gasteiger partial charge in [-0.1, -0.05) is 36.4 Å². The van der Waals surface area contributed by atoms with Crippen LogP contribution in [0.4, 0.5) is 13.2 Å². The molecule has 0 heterocycles. The summed E-state index contributed by atoms with van der Waals surface area (Å²) in [5.74, 6) is -0.670. The van der Waals surface area contributed by atoms with Crippen LogP contribution >= 0.6 is 0 Å². The van der Waals surface area contributed by atoms with E-state index in [-0.39, 0.29) is 12.0 Å². The van der Waals surface area contributed by atoms with Crippen molar-refractivity contribution in [1.82, 2.24) is 11.5 Å². The maximum atomic E-state index is 12.8. The Morgan fingerprint density at radius 2 is 1.73 bits per heavy atom. The number of nitrogens with zero attached hydrogens (tertiary/aromatic N) is 1. The molecule has 0 fully saturated rings. The fraction of sp³-hybridized carbons (Fsp3) is 0.143. The number of amides is 1. The molecule has 30 heavy (non-hydrogen) atoms. The summed E-state index contributed by atoms with van der Waals surface area (Å²) in [6, 6.07) is 14.7. The number of nitrogens with one attached hydrogen (secondary N) is 3. The Hall–Kier alpha value is -3.59. The first-order valence-corrected chi connectivity index (χ1v) is 8.68. The first kappa shape index (κ1) is 22.7. The second-order valence-electron chi connectivity index (χ2n) is 6.51. The monoisotopic (exact) mass is 415 g/mol. The molecular weight excluding hydrogens is 395 g/mol. The Morgan fingerprint density at radius 3 is 2.33 bits per heavy atom. The van der Waals surface area contributed by atoms with Gasteiger partial charge in [0.2, 0.25) is 0 Å². The molecule has 3 aromatic carbocycles. The highest BCUT2D eigenvalue weighted by atomic mass is 19.4. The van der Waals surface area contributed by atoms with Gasteiger partial charge in [-0.3, -0.25) is 10.2 Å². The van der Waals surface area contributed by atoms with Crippen LogP contribution in [0.1, 0.15) is 22.8 Å². The van der Waals surface area contributed by atoms with Crippen LogP contribution < -0.4 is 11.5 Å². The number of carbonyl (C=O) groups is 1. The standard InChI is InChI=1S/C21H17F3N4O.H3N/c1-12(19(25)28-26)27-20(29)15-7-10-18-14(11-15)3-2-4-17(18)13-5-8-16(9-6-13)21(22,23)24;/h2-12,25-26H,1H3,(H,27,29);1H3/t12-;/m1./s1. The van der Waals surface area contributed by atoms with Gasteiger partial charge in [0.05, 0.1) is 11.6 Å². The lowest BCUT2D eigenvalue weighted by Crippen LogP contribution is -2.37. The molecule has 0 radical (unpaired) electrons. The number of rotatable bonds is 4. The Labute approximate surface area is 170 Å². The predicted octanol–water partition coefficient (Wildman–Crippen LogP) is 5.81. The minimum Gasteiger partial charge on any atom is -0.344 e. The third kappa shape index (κ3) is 4.69. The largest absolute Gasteiger partial charge is 0.416 e. The molecule has 156 valence electrons. The molecule has 3 rings (SSSR count). The van der Waals surface area contributed by atoms with E-state index in [1.807, 2.05) is 12.1 Å². The minimum atomic E-state index is -4.39. The van der Waals surface area contributed by atoms with Gasteiger partial charge in [0.1, 0.15) is 0 Å². The van der Waals surface area contributed by atoms with Crippen molar-refractivity contribution in [1.29, 1.82) is 10.9 Å². The molecule has 0 aliphatic rings. The van der Waals surface area contributed by atoms with Crippen molar-refractivity contribution < 1.29 is 18.0 Å². The van der Waals surface area contributed by atoms with Crippen LogP contribution in [0.2, 0.25) is 0 Å². The van der Waals surface area contributed by atoms with Gasteiger partial charge in [-0.2, -0.15) is 13.2 Å². The summed E-state index contributed by atoms with van der Waals surface area (Å²) in [4.78, 5) is 12.4. The Kier molecular flexibility index (Phi) is 6.68. The molecule has 0 spiro atoms. The molecule has 1 amide bonds. The average molecular weight is 415 g/mol. The lowest BCUT2D eigenvalue weighted by Gasteiger charge is -2.13. The number of alkyl halides is 3. The summed E-state index contributed by atoms with van der Waals surface area (Å²) in [7, 11) is 0. The van der Waals surface area contributed by atoms with E-state index in [4.69, 9.17) is 10.9 Å². The minimum absolute atomic E-state index is 0. The summed E-state index contributed by atoms with van der Waals surface area (Å²) in [5, 5.41) is 14.6. The number of hydrogen-bond acceptors (Lipinski definition) is 4. The van der Waals surface area contributed by atoms with Crippen LogP contribution in [-0.4, -0.2) is 17.8 Å². The van der Waals surface area contributed by atoms with Crippen LogP contribution in [-0.2, 0) is 6.18 Å². The second-order valence-corrected chi connectivity index (χ2v) is 6.51. The van der Waals surface area contributed by atoms with Gasteiger partial charge in [-0.15, -0.1) is 5.11 Å². The lowest BCUT2D eigenvalue weighted by molar-refractivity contribution is -0.137. The number of halogens is 3. The van der Waals surface area contributed by atoms with E-state index in [0.29, 0.717) is 11.1 Å². The highest BCUT2D eigenvalue weighted by Crippen LogP contribution is 2.33. The van der Waals surface area contributed by atoms with Crippen molar-refractivity contribution in [3.63, 3.8) is 0 Å². The summed E-state index contributed by atoms with van der Waals surface area (Å²) < 4.78 is 38.4. The van der Waals surface area contributed by atoms with Crippen LogP contribution in [0.3, 0.4) is 0 Å². The number of carbonyl (C=O) groups excluding carboxylic acids is 1. The first-order chi connectivity index (χ1) is 13.7. The van der Waals surface area contributed by atoms with E-state index in [2.05, 4.69) is 10.4 Å². The molecule has 3 aromatic rings. The number of fused-ring (bicyclic) bond motifs is 1. The molecule has 0 aromatic heterocycles. The second kappa shape index (κ2) is 8.83. The highest BCUT2D eigenvalue weighted by Gasteiger charge is 2.30. The Balaban J connectivity index is 0.00000320. The summed E-state index contributed by atoms with van der Waals surface area (Å²) >= 11 is 0. The van der Waals surface area contributed by atoms with Crippen LogP contribution in [0.15, 0.2) is 65.8 Å². The zero-order valence-corrected chi connectivity index (χ0v) is 16.0. The van der Waals surface area contributed by atoms with Gasteiger partial charge < -0.3 is 11.5 Å². The third-order valence-corrected chi connectivity index (χ3v) is 4.54. The molecular formula is C21H20F3N5O. The third-order valence-electron chi connectivity index (χ3n) is 4.54. The molecule has 9 heteroatoms. The predicted molar refractivity (Wildman–Crippen MR) is 109 cm³/mol. The highest BCUT2D eigenvalue weighted by molar-refractivity contribution is 6.03. The van der Waals surface area contributed by atoms with Crippen molar-refractivity contribution in [3.05, 3.63) is 71.8 Å². The molecule has 1 atom stereocenters. The zero-order valence-electron chi connectivity index (χ0n) is 16.0. The van der Waals surface area contributed by atoms with Crippen molar-refractivity contribution in [2.45, 2.75) is 19.1 Å². The summed E-state index contributed by atoms with van der Waals surface area (Å²) in [5.41, 5.74) is 7.89. The Morgan fingerprint density at radius 1 is 1.07 bits per heavy atom. The number of amidine groups is 1. The Bertz CT molecular complexity index is 1090.